The highest BCUT2D eigenvalue weighted by atomic mass is 16.5. The molecule has 1 aromatic rings. The fraction of sp³-hybridized carbons (Fsp3) is 0.868. The van der Waals surface area contributed by atoms with Crippen molar-refractivity contribution in [2.75, 3.05) is 19.8 Å². The maximum absolute atomic E-state index is 13.4. The van der Waals surface area contributed by atoms with Crippen molar-refractivity contribution in [2.24, 2.45) is 68.3 Å². The zero-order valence-electron chi connectivity index (χ0n) is 30.3. The quantitative estimate of drug-likeness (QED) is 0.291. The number of carboxylic acid groups (broad SMARTS) is 1. The highest BCUT2D eigenvalue weighted by molar-refractivity contribution is 5.73. The Bertz CT molecular complexity index is 1340. The van der Waals surface area contributed by atoms with Gasteiger partial charge in [0.25, 0.3) is 0 Å². The highest BCUT2D eigenvalue weighted by Gasteiger charge is 2.72. The molecule has 0 aromatic carbocycles. The largest absolute Gasteiger partial charge is 0.481 e. The Morgan fingerprint density at radius 2 is 1.85 bits per heavy atom. The van der Waals surface area contributed by atoms with Gasteiger partial charge in [0.2, 0.25) is 0 Å². The molecule has 8 heteroatoms. The maximum Gasteiger partial charge on any atom is 0.307 e. The molecule has 0 spiro atoms. The van der Waals surface area contributed by atoms with Crippen LogP contribution in [0.4, 0.5) is 0 Å². The molecule has 1 saturated heterocycles. The molecule has 2 heterocycles. The number of aromatic nitrogens is 3. The molecule has 1 aromatic heterocycles. The van der Waals surface area contributed by atoms with Crippen LogP contribution in [0.2, 0.25) is 0 Å². The summed E-state index contributed by atoms with van der Waals surface area (Å²) in [6.45, 7) is 24.5. The summed E-state index contributed by atoms with van der Waals surface area (Å²) in [5.74, 6) is 0.771. The highest BCUT2D eigenvalue weighted by Crippen LogP contribution is 2.75. The molecule has 0 unspecified atom stereocenters. The lowest BCUT2D eigenvalue weighted by molar-refractivity contribution is -0.252. The zero-order chi connectivity index (χ0) is 33.7. The summed E-state index contributed by atoms with van der Waals surface area (Å²) in [5, 5.41) is 15.7. The van der Waals surface area contributed by atoms with Gasteiger partial charge in [-0.2, -0.15) is 5.10 Å². The summed E-state index contributed by atoms with van der Waals surface area (Å²) in [5.41, 5.74) is 6.79. The average molecular weight is 639 g/mol. The van der Waals surface area contributed by atoms with E-state index < -0.39 is 17.4 Å². The van der Waals surface area contributed by atoms with Gasteiger partial charge in [-0.25, -0.2) is 9.67 Å². The third-order valence-electron chi connectivity index (χ3n) is 15.8. The van der Waals surface area contributed by atoms with Crippen molar-refractivity contribution in [2.45, 2.75) is 125 Å². The van der Waals surface area contributed by atoms with E-state index in [2.05, 4.69) is 80.3 Å². The number of carbonyl (C=O) groups is 1. The molecule has 46 heavy (non-hydrogen) atoms. The van der Waals surface area contributed by atoms with Crippen molar-refractivity contribution < 1.29 is 19.4 Å². The minimum atomic E-state index is -0.613. The Labute approximate surface area is 277 Å². The van der Waals surface area contributed by atoms with Gasteiger partial charge in [-0.1, -0.05) is 74.0 Å². The molecule has 258 valence electrons. The van der Waals surface area contributed by atoms with Gasteiger partial charge in [0, 0.05) is 16.4 Å². The number of ether oxygens (including phenoxy) is 2. The molecular weight excluding hydrogens is 576 g/mol. The van der Waals surface area contributed by atoms with E-state index in [1.165, 1.54) is 5.57 Å². The second-order valence-electron chi connectivity index (χ2n) is 18.4. The second-order valence-corrected chi connectivity index (χ2v) is 18.4. The average Bonchev–Trinajstić information content (AvgIpc) is 3.51. The Morgan fingerprint density at radius 3 is 2.46 bits per heavy atom. The van der Waals surface area contributed by atoms with E-state index >= 15 is 0 Å². The predicted octanol–water partition coefficient (Wildman–Crippen LogP) is 7.17. The van der Waals surface area contributed by atoms with Crippen LogP contribution in [-0.4, -0.2) is 57.3 Å². The van der Waals surface area contributed by atoms with Gasteiger partial charge in [0.05, 0.1) is 37.9 Å². The van der Waals surface area contributed by atoms with Crippen molar-refractivity contribution in [3.05, 3.63) is 24.3 Å². The number of hydrogen-bond acceptors (Lipinski definition) is 6. The summed E-state index contributed by atoms with van der Waals surface area (Å²) in [6, 6.07) is 0.00434. The van der Waals surface area contributed by atoms with Crippen LogP contribution in [0.3, 0.4) is 0 Å². The Morgan fingerprint density at radius 1 is 1.13 bits per heavy atom. The number of nitrogens with two attached hydrogens (primary N) is 1. The lowest BCUT2D eigenvalue weighted by atomic mass is 9.34. The molecule has 8 nitrogen and oxygen atoms in total. The van der Waals surface area contributed by atoms with Gasteiger partial charge < -0.3 is 20.3 Å². The first-order valence-corrected chi connectivity index (χ1v) is 18.1. The first-order chi connectivity index (χ1) is 21.4. The van der Waals surface area contributed by atoms with Crippen LogP contribution in [0.1, 0.15) is 114 Å². The van der Waals surface area contributed by atoms with Gasteiger partial charge >= 0.3 is 5.97 Å². The van der Waals surface area contributed by atoms with Gasteiger partial charge in [0.15, 0.2) is 0 Å². The van der Waals surface area contributed by atoms with Crippen LogP contribution < -0.4 is 5.73 Å². The fourth-order valence-corrected chi connectivity index (χ4v) is 12.0. The zero-order valence-corrected chi connectivity index (χ0v) is 30.3. The summed E-state index contributed by atoms with van der Waals surface area (Å²) < 4.78 is 15.7. The summed E-state index contributed by atoms with van der Waals surface area (Å²) >= 11 is 0. The minimum Gasteiger partial charge on any atom is -0.481 e. The Balaban J connectivity index is 1.43. The molecule has 3 N–H and O–H groups in total. The normalized spacial score (nSPS) is 45.7. The van der Waals surface area contributed by atoms with E-state index in [1.54, 1.807) is 6.33 Å². The van der Waals surface area contributed by atoms with E-state index in [-0.39, 0.29) is 45.1 Å². The third kappa shape index (κ3) is 4.58. The van der Waals surface area contributed by atoms with E-state index in [0.29, 0.717) is 43.5 Å². The molecule has 6 rings (SSSR count). The first-order valence-electron chi connectivity index (χ1n) is 18.1. The van der Waals surface area contributed by atoms with E-state index in [4.69, 9.17) is 20.3 Å². The number of fused-ring (bicyclic) bond motifs is 3. The lowest BCUT2D eigenvalue weighted by Gasteiger charge is -2.71. The van der Waals surface area contributed by atoms with Gasteiger partial charge in [-0.3, -0.25) is 4.79 Å². The SMILES string of the molecule is CC(C)[C@@H](C)[C@@]1(C)CC[C@]2(C)[C@H]3CC[C@@H]4[C@@]5(COC[C@@]4(C)[C@@H](OC[C@](C)(N)C(C)C)[C@H](n4cncn4)C5)C3=CC[C@@]2(C)[C@@H]1C(=O)O. The van der Waals surface area contributed by atoms with Crippen LogP contribution in [-0.2, 0) is 14.3 Å². The number of rotatable bonds is 8. The van der Waals surface area contributed by atoms with Gasteiger partial charge in [-0.15, -0.1) is 0 Å². The molecule has 0 radical (unpaired) electrons. The third-order valence-corrected chi connectivity index (χ3v) is 15.8. The molecule has 5 aliphatic rings. The topological polar surface area (TPSA) is 112 Å². The number of aliphatic carboxylic acids is 1. The minimum absolute atomic E-state index is 0.00434. The molecule has 2 bridgehead atoms. The summed E-state index contributed by atoms with van der Waals surface area (Å²) in [4.78, 5) is 17.8. The standard InChI is InChI=1S/C38H62N4O4/c1-23(2)25(5)33(6)15-16-35(8)26-11-12-29-34(7)18-45-20-38(29,27(26)13-14-36(35,9)30(33)32(43)44)17-28(42-22-40-21-41-42)31(34)46-19-37(10,39)24(3)4/h13,21-26,28-31H,11-12,14-20,39H2,1-10H3,(H,43,44)/t25-,26+,28-,29+,30-,31+,33-,34-,35-,36+,37+,38+/m1/s1. The van der Waals surface area contributed by atoms with Crippen LogP contribution in [0.5, 0.6) is 0 Å². The molecule has 4 fully saturated rings. The van der Waals surface area contributed by atoms with E-state index in [0.717, 1.165) is 38.5 Å². The summed E-state index contributed by atoms with van der Waals surface area (Å²) in [7, 11) is 0. The van der Waals surface area contributed by atoms with E-state index in [9.17, 15) is 9.90 Å². The first kappa shape index (κ1) is 34.1. The van der Waals surface area contributed by atoms with Crippen molar-refractivity contribution in [1.82, 2.24) is 14.8 Å². The maximum atomic E-state index is 13.4. The van der Waals surface area contributed by atoms with E-state index in [1.807, 2.05) is 11.0 Å². The molecule has 4 aliphatic carbocycles. The monoisotopic (exact) mass is 638 g/mol. The van der Waals surface area contributed by atoms with Crippen LogP contribution in [0.25, 0.3) is 0 Å². The summed E-state index contributed by atoms with van der Waals surface area (Å²) in [6.07, 6.45) is 11.8. The number of allylic oxidation sites excluding steroid dienone is 1. The fourth-order valence-electron chi connectivity index (χ4n) is 12.0. The Kier molecular flexibility index (Phi) is 8.25. The van der Waals surface area contributed by atoms with Crippen molar-refractivity contribution in [3.63, 3.8) is 0 Å². The smallest absolute Gasteiger partial charge is 0.307 e. The molecule has 1 aliphatic heterocycles. The van der Waals surface area contributed by atoms with Crippen molar-refractivity contribution in [1.29, 1.82) is 0 Å². The molecule has 0 amide bonds. The second kappa shape index (κ2) is 11.1. The lowest BCUT2D eigenvalue weighted by Crippen LogP contribution is -2.69. The number of carboxylic acids is 1. The number of nitrogens with zero attached hydrogens (tertiary/aromatic N) is 3. The van der Waals surface area contributed by atoms with Crippen molar-refractivity contribution in [3.8, 4) is 0 Å². The van der Waals surface area contributed by atoms with Crippen LogP contribution in [0, 0.1) is 62.6 Å². The number of hydrogen-bond donors (Lipinski definition) is 2. The molecular formula is C38H62N4O4. The van der Waals surface area contributed by atoms with Crippen LogP contribution in [0.15, 0.2) is 24.3 Å². The molecule has 12 atom stereocenters. The van der Waals surface area contributed by atoms with Crippen LogP contribution >= 0.6 is 0 Å². The Hall–Kier alpha value is -1.77. The predicted molar refractivity (Wildman–Crippen MR) is 180 cm³/mol. The molecule has 3 saturated carbocycles. The van der Waals surface area contributed by atoms with Crippen molar-refractivity contribution >= 4 is 5.97 Å². The van der Waals surface area contributed by atoms with Gasteiger partial charge in [0.1, 0.15) is 12.7 Å². The van der Waals surface area contributed by atoms with Gasteiger partial charge in [-0.05, 0) is 91.3 Å².